The van der Waals surface area contributed by atoms with Crippen molar-refractivity contribution in [2.24, 2.45) is 0 Å². The number of hydrogen-bond donors (Lipinski definition) is 3. The SMILES string of the molecule is CNCCNCCCNc1nc(Cl)ncc1C1CC1. The largest absolute Gasteiger partial charge is 0.370 e. The third kappa shape index (κ3) is 4.93. The molecule has 106 valence electrons. The van der Waals surface area contributed by atoms with Gasteiger partial charge in [-0.25, -0.2) is 9.97 Å². The summed E-state index contributed by atoms with van der Waals surface area (Å²) >= 11 is 5.86. The molecule has 0 aliphatic heterocycles. The Hall–Kier alpha value is -0.910. The summed E-state index contributed by atoms with van der Waals surface area (Å²) in [5.74, 6) is 1.55. The Morgan fingerprint density at radius 1 is 1.26 bits per heavy atom. The van der Waals surface area contributed by atoms with Crippen molar-refractivity contribution < 1.29 is 0 Å². The van der Waals surface area contributed by atoms with E-state index in [-0.39, 0.29) is 0 Å². The van der Waals surface area contributed by atoms with Crippen LogP contribution in [0.2, 0.25) is 5.28 Å². The Balaban J connectivity index is 1.71. The lowest BCUT2D eigenvalue weighted by molar-refractivity contribution is 0.633. The molecule has 0 saturated heterocycles. The third-order valence-electron chi connectivity index (χ3n) is 3.18. The van der Waals surface area contributed by atoms with Crippen LogP contribution in [0.3, 0.4) is 0 Å². The van der Waals surface area contributed by atoms with Gasteiger partial charge in [0.1, 0.15) is 5.82 Å². The number of halogens is 1. The summed E-state index contributed by atoms with van der Waals surface area (Å²) in [7, 11) is 1.96. The van der Waals surface area contributed by atoms with Gasteiger partial charge < -0.3 is 16.0 Å². The molecule has 0 radical (unpaired) electrons. The zero-order valence-corrected chi connectivity index (χ0v) is 12.1. The van der Waals surface area contributed by atoms with E-state index < -0.39 is 0 Å². The van der Waals surface area contributed by atoms with Gasteiger partial charge in [0.15, 0.2) is 0 Å². The second-order valence-electron chi connectivity index (χ2n) is 4.85. The Morgan fingerprint density at radius 3 is 2.84 bits per heavy atom. The molecule has 5 nitrogen and oxygen atoms in total. The van der Waals surface area contributed by atoms with Crippen molar-refractivity contribution in [3.8, 4) is 0 Å². The van der Waals surface area contributed by atoms with Crippen LogP contribution in [0.15, 0.2) is 6.20 Å². The predicted octanol–water partition coefficient (Wildman–Crippen LogP) is 1.62. The number of nitrogens with one attached hydrogen (secondary N) is 3. The Bertz CT molecular complexity index is 395. The second-order valence-corrected chi connectivity index (χ2v) is 5.19. The minimum atomic E-state index is 0.319. The van der Waals surface area contributed by atoms with Gasteiger partial charge in [-0.05, 0) is 50.4 Å². The predicted molar refractivity (Wildman–Crippen MR) is 78.9 cm³/mol. The molecule has 0 atom stereocenters. The lowest BCUT2D eigenvalue weighted by atomic mass is 10.2. The first-order valence-corrected chi connectivity index (χ1v) is 7.30. The van der Waals surface area contributed by atoms with E-state index in [0.717, 1.165) is 38.4 Å². The maximum absolute atomic E-state index is 5.86. The highest BCUT2D eigenvalue weighted by Gasteiger charge is 2.27. The quantitative estimate of drug-likeness (QED) is 0.475. The van der Waals surface area contributed by atoms with Gasteiger partial charge in [0, 0.05) is 31.4 Å². The zero-order chi connectivity index (χ0) is 13.5. The lowest BCUT2D eigenvalue weighted by Crippen LogP contribution is -2.26. The number of rotatable bonds is 9. The molecule has 1 saturated carbocycles. The molecule has 0 bridgehead atoms. The maximum atomic E-state index is 5.86. The Kier molecular flexibility index (Phi) is 5.82. The third-order valence-corrected chi connectivity index (χ3v) is 3.36. The van der Waals surface area contributed by atoms with E-state index in [9.17, 15) is 0 Å². The smallest absolute Gasteiger partial charge is 0.224 e. The van der Waals surface area contributed by atoms with Crippen LogP contribution in [0.25, 0.3) is 0 Å². The van der Waals surface area contributed by atoms with Crippen molar-refractivity contribution in [1.82, 2.24) is 20.6 Å². The Labute approximate surface area is 119 Å². The van der Waals surface area contributed by atoms with Crippen molar-refractivity contribution in [1.29, 1.82) is 0 Å². The van der Waals surface area contributed by atoms with Crippen LogP contribution >= 0.6 is 11.6 Å². The van der Waals surface area contributed by atoms with Gasteiger partial charge in [0.2, 0.25) is 5.28 Å². The number of likely N-dealkylation sites (N-methyl/N-ethyl adjacent to an activating group) is 1. The first kappa shape index (κ1) is 14.5. The van der Waals surface area contributed by atoms with Crippen molar-refractivity contribution in [2.45, 2.75) is 25.2 Å². The molecular formula is C13H22ClN5. The van der Waals surface area contributed by atoms with Crippen LogP contribution in [0.5, 0.6) is 0 Å². The molecule has 1 fully saturated rings. The molecule has 0 unspecified atom stereocenters. The standard InChI is InChI=1S/C13H22ClN5/c1-15-7-8-16-5-2-6-17-12-11(10-3-4-10)9-18-13(14)19-12/h9-10,15-16H,2-8H2,1H3,(H,17,18,19). The monoisotopic (exact) mass is 283 g/mol. The summed E-state index contributed by atoms with van der Waals surface area (Å²) < 4.78 is 0. The van der Waals surface area contributed by atoms with Gasteiger partial charge in [-0.1, -0.05) is 0 Å². The van der Waals surface area contributed by atoms with Crippen molar-refractivity contribution in [2.75, 3.05) is 38.5 Å². The van der Waals surface area contributed by atoms with Gasteiger partial charge in [0.25, 0.3) is 0 Å². The Morgan fingerprint density at radius 2 is 2.11 bits per heavy atom. The summed E-state index contributed by atoms with van der Waals surface area (Å²) in [6, 6.07) is 0. The second kappa shape index (κ2) is 7.62. The molecule has 6 heteroatoms. The van der Waals surface area contributed by atoms with E-state index in [1.165, 1.54) is 18.4 Å². The molecule has 19 heavy (non-hydrogen) atoms. The number of anilines is 1. The molecule has 1 aromatic rings. The van der Waals surface area contributed by atoms with Crippen molar-refractivity contribution >= 4 is 17.4 Å². The normalized spacial score (nSPS) is 14.6. The summed E-state index contributed by atoms with van der Waals surface area (Å²) in [5.41, 5.74) is 1.22. The molecule has 1 heterocycles. The van der Waals surface area contributed by atoms with E-state index >= 15 is 0 Å². The molecular weight excluding hydrogens is 262 g/mol. The summed E-state index contributed by atoms with van der Waals surface area (Å²) in [6.07, 6.45) is 5.41. The van der Waals surface area contributed by atoms with Crippen LogP contribution in [0.4, 0.5) is 5.82 Å². The molecule has 1 aliphatic carbocycles. The molecule has 0 spiro atoms. The summed E-state index contributed by atoms with van der Waals surface area (Å²) in [5, 5.41) is 10.2. The van der Waals surface area contributed by atoms with E-state index in [1.54, 1.807) is 0 Å². The summed E-state index contributed by atoms with van der Waals surface area (Å²) in [6.45, 7) is 3.91. The first-order chi connectivity index (χ1) is 9.31. The van der Waals surface area contributed by atoms with Crippen molar-refractivity contribution in [3.05, 3.63) is 17.0 Å². The summed E-state index contributed by atoms with van der Waals surface area (Å²) in [4.78, 5) is 8.37. The van der Waals surface area contributed by atoms with Gasteiger partial charge >= 0.3 is 0 Å². The first-order valence-electron chi connectivity index (χ1n) is 6.93. The van der Waals surface area contributed by atoms with Crippen LogP contribution in [0.1, 0.15) is 30.7 Å². The van der Waals surface area contributed by atoms with E-state index in [2.05, 4.69) is 25.9 Å². The number of nitrogens with zero attached hydrogens (tertiary/aromatic N) is 2. The number of aromatic nitrogens is 2. The van der Waals surface area contributed by atoms with E-state index in [4.69, 9.17) is 11.6 Å². The molecule has 3 N–H and O–H groups in total. The topological polar surface area (TPSA) is 61.9 Å². The molecule has 1 aromatic heterocycles. The van der Waals surface area contributed by atoms with Crippen LogP contribution < -0.4 is 16.0 Å². The molecule has 2 rings (SSSR count). The van der Waals surface area contributed by atoms with E-state index in [0.29, 0.717) is 11.2 Å². The molecule has 1 aliphatic rings. The minimum Gasteiger partial charge on any atom is -0.370 e. The molecule has 0 aromatic carbocycles. The average Bonchev–Trinajstić information content (AvgIpc) is 3.22. The average molecular weight is 284 g/mol. The van der Waals surface area contributed by atoms with Crippen LogP contribution in [-0.2, 0) is 0 Å². The van der Waals surface area contributed by atoms with Crippen LogP contribution in [0, 0.1) is 0 Å². The lowest BCUT2D eigenvalue weighted by Gasteiger charge is -2.10. The van der Waals surface area contributed by atoms with Crippen molar-refractivity contribution in [3.63, 3.8) is 0 Å². The fourth-order valence-electron chi connectivity index (χ4n) is 1.96. The molecule has 0 amide bonds. The highest BCUT2D eigenvalue weighted by atomic mass is 35.5. The highest BCUT2D eigenvalue weighted by molar-refractivity contribution is 6.28. The zero-order valence-electron chi connectivity index (χ0n) is 11.4. The van der Waals surface area contributed by atoms with E-state index in [1.807, 2.05) is 13.2 Å². The maximum Gasteiger partial charge on any atom is 0.224 e. The fourth-order valence-corrected chi connectivity index (χ4v) is 2.10. The van der Waals surface area contributed by atoms with Gasteiger partial charge in [0.05, 0.1) is 0 Å². The minimum absolute atomic E-state index is 0.319. The fraction of sp³-hybridized carbons (Fsp3) is 0.692. The highest BCUT2D eigenvalue weighted by Crippen LogP contribution is 2.42. The van der Waals surface area contributed by atoms with Gasteiger partial charge in [-0.3, -0.25) is 0 Å². The number of hydrogen-bond acceptors (Lipinski definition) is 5. The van der Waals surface area contributed by atoms with Gasteiger partial charge in [-0.2, -0.15) is 0 Å². The van der Waals surface area contributed by atoms with Gasteiger partial charge in [-0.15, -0.1) is 0 Å². The van der Waals surface area contributed by atoms with Crippen LogP contribution in [-0.4, -0.2) is 43.2 Å².